The molecule has 2 aromatic carbocycles. The van der Waals surface area contributed by atoms with E-state index in [0.717, 1.165) is 37.2 Å². The smallest absolute Gasteiger partial charge is 0.274 e. The number of benzene rings is 2. The van der Waals surface area contributed by atoms with Gasteiger partial charge >= 0.3 is 0 Å². The number of rotatable bonds is 9. The Balaban J connectivity index is 1.39. The zero-order valence-electron chi connectivity index (χ0n) is 27.1. The molecule has 1 aliphatic heterocycles. The number of hydrogen-bond donors (Lipinski definition) is 3. The van der Waals surface area contributed by atoms with E-state index >= 15 is 0 Å². The summed E-state index contributed by atoms with van der Waals surface area (Å²) >= 11 is 6.56. The number of nitrogens with zero attached hydrogens (tertiary/aromatic N) is 6. The number of nitrogens with one attached hydrogen (secondary N) is 3. The topological polar surface area (TPSA) is 152 Å². The van der Waals surface area contributed by atoms with Gasteiger partial charge < -0.3 is 34.7 Å². The van der Waals surface area contributed by atoms with Gasteiger partial charge in [0.15, 0.2) is 5.82 Å². The second kappa shape index (κ2) is 12.6. The lowest BCUT2D eigenvalue weighted by Crippen LogP contribution is -2.43. The number of piperidine rings is 1. The molecule has 6 rings (SSSR count). The summed E-state index contributed by atoms with van der Waals surface area (Å²) in [7, 11) is 2.19. The Kier molecular flexibility index (Phi) is 8.73. The van der Waals surface area contributed by atoms with E-state index in [1.165, 1.54) is 10.9 Å². The molecule has 1 aliphatic rings. The number of fused-ring (bicyclic) bond motifs is 1. The fourth-order valence-corrected chi connectivity index (χ4v) is 7.36. The maximum atomic E-state index is 13.4. The average molecular weight is 678 g/mol. The van der Waals surface area contributed by atoms with Gasteiger partial charge in [-0.15, -0.1) is 0 Å². The first-order valence-electron chi connectivity index (χ1n) is 15.0. The number of aromatic amines is 1. The number of ether oxygens (including phenoxy) is 2. The molecule has 13 nitrogen and oxygen atoms in total. The highest BCUT2D eigenvalue weighted by Crippen LogP contribution is 2.43. The molecule has 1 saturated heterocycles. The number of methoxy groups -OCH3 is 2. The largest absolute Gasteiger partial charge is 0.494 e. The van der Waals surface area contributed by atoms with E-state index in [9.17, 15) is 9.36 Å². The van der Waals surface area contributed by atoms with Gasteiger partial charge in [-0.2, -0.15) is 4.98 Å². The molecular weight excluding hydrogens is 641 g/mol. The van der Waals surface area contributed by atoms with Crippen LogP contribution in [0, 0.1) is 0 Å². The van der Waals surface area contributed by atoms with Crippen LogP contribution >= 0.6 is 18.7 Å². The van der Waals surface area contributed by atoms with Gasteiger partial charge in [-0.1, -0.05) is 11.6 Å². The summed E-state index contributed by atoms with van der Waals surface area (Å²) in [6, 6.07) is 7.39. The van der Waals surface area contributed by atoms with Crippen molar-refractivity contribution in [1.82, 2.24) is 29.7 Å². The van der Waals surface area contributed by atoms with E-state index in [2.05, 4.69) is 47.5 Å². The van der Waals surface area contributed by atoms with Crippen molar-refractivity contribution in [3.8, 4) is 16.9 Å². The lowest BCUT2D eigenvalue weighted by Gasteiger charge is -2.40. The summed E-state index contributed by atoms with van der Waals surface area (Å²) in [5.41, 5.74) is 4.04. The first-order chi connectivity index (χ1) is 22.4. The van der Waals surface area contributed by atoms with Crippen molar-refractivity contribution in [3.63, 3.8) is 0 Å². The Morgan fingerprint density at radius 1 is 1.02 bits per heavy atom. The number of anilines is 5. The number of halogens is 1. The van der Waals surface area contributed by atoms with Crippen LogP contribution in [0.2, 0.25) is 5.02 Å². The quantitative estimate of drug-likeness (QED) is 0.169. The van der Waals surface area contributed by atoms with Crippen molar-refractivity contribution >= 4 is 63.9 Å². The Bertz CT molecular complexity index is 2070. The third-order valence-electron chi connectivity index (χ3n) is 8.60. The van der Waals surface area contributed by atoms with Gasteiger partial charge in [0.25, 0.3) is 5.56 Å². The van der Waals surface area contributed by atoms with Gasteiger partial charge in [-0.25, -0.2) is 4.98 Å². The molecule has 5 aromatic rings. The number of aromatic nitrogens is 6. The van der Waals surface area contributed by atoms with Crippen LogP contribution < -0.4 is 31.1 Å². The monoisotopic (exact) mass is 677 g/mol. The molecule has 3 aromatic heterocycles. The zero-order valence-corrected chi connectivity index (χ0v) is 28.7. The Morgan fingerprint density at radius 2 is 1.77 bits per heavy atom. The molecule has 0 spiro atoms. The second-order valence-corrected chi connectivity index (χ2v) is 15.7. The first kappa shape index (κ1) is 32.5. The van der Waals surface area contributed by atoms with Crippen LogP contribution in [0.15, 0.2) is 53.8 Å². The van der Waals surface area contributed by atoms with Crippen LogP contribution in [-0.4, -0.2) is 76.0 Å². The number of hydrogen-bond acceptors (Lipinski definition) is 11. The molecule has 3 N–H and O–H groups in total. The third kappa shape index (κ3) is 6.43. The van der Waals surface area contributed by atoms with E-state index in [-0.39, 0.29) is 22.1 Å². The molecule has 1 fully saturated rings. The first-order valence-corrected chi connectivity index (χ1v) is 18.0. The fourth-order valence-electron chi connectivity index (χ4n) is 5.82. The maximum Gasteiger partial charge on any atom is 0.274 e. The van der Waals surface area contributed by atoms with Crippen LogP contribution in [0.25, 0.3) is 22.2 Å². The Hall–Kier alpha value is -4.45. The minimum Gasteiger partial charge on any atom is -0.494 e. The van der Waals surface area contributed by atoms with Gasteiger partial charge in [0.1, 0.15) is 23.4 Å². The van der Waals surface area contributed by atoms with E-state index in [1.54, 1.807) is 65.3 Å². The predicted octanol–water partition coefficient (Wildman–Crippen LogP) is 5.52. The average Bonchev–Trinajstić information content (AvgIpc) is 3.39. The van der Waals surface area contributed by atoms with Gasteiger partial charge in [-0.3, -0.25) is 19.4 Å². The summed E-state index contributed by atoms with van der Waals surface area (Å²) in [5, 5.41) is 10.3. The molecule has 15 heteroatoms. The Labute approximate surface area is 277 Å². The molecule has 47 heavy (non-hydrogen) atoms. The zero-order chi connectivity index (χ0) is 33.5. The van der Waals surface area contributed by atoms with Crippen molar-refractivity contribution in [2.24, 2.45) is 7.05 Å². The summed E-state index contributed by atoms with van der Waals surface area (Å²) in [4.78, 5) is 33.3. The van der Waals surface area contributed by atoms with Crippen molar-refractivity contribution in [2.45, 2.75) is 25.4 Å². The highest BCUT2D eigenvalue weighted by Gasteiger charge is 2.32. The molecule has 0 atom stereocenters. The van der Waals surface area contributed by atoms with Gasteiger partial charge in [0, 0.05) is 63.2 Å². The van der Waals surface area contributed by atoms with E-state index in [4.69, 9.17) is 21.1 Å². The van der Waals surface area contributed by atoms with Crippen molar-refractivity contribution in [2.75, 3.05) is 56.2 Å². The van der Waals surface area contributed by atoms with Gasteiger partial charge in [0.2, 0.25) is 5.95 Å². The molecule has 246 valence electrons. The van der Waals surface area contributed by atoms with Crippen LogP contribution in [0.3, 0.4) is 0 Å². The van der Waals surface area contributed by atoms with E-state index in [1.807, 2.05) is 12.1 Å². The molecular formula is C32H37ClN9O4P. The molecule has 0 bridgehead atoms. The van der Waals surface area contributed by atoms with Crippen molar-refractivity contribution in [1.29, 1.82) is 0 Å². The lowest BCUT2D eigenvalue weighted by atomic mass is 9.92. The highest BCUT2D eigenvalue weighted by atomic mass is 35.5. The van der Waals surface area contributed by atoms with E-state index in [0.29, 0.717) is 44.8 Å². The van der Waals surface area contributed by atoms with Crippen LogP contribution in [0.4, 0.5) is 28.8 Å². The van der Waals surface area contributed by atoms with Crippen molar-refractivity contribution in [3.05, 3.63) is 64.4 Å². The van der Waals surface area contributed by atoms with Crippen LogP contribution in [0.5, 0.6) is 5.75 Å². The van der Waals surface area contributed by atoms with Gasteiger partial charge in [0.05, 0.1) is 46.7 Å². The number of H-pyrrole nitrogens is 1. The second-order valence-electron chi connectivity index (χ2n) is 12.1. The molecule has 4 heterocycles. The molecule has 0 unspecified atom stereocenters. The van der Waals surface area contributed by atoms with Crippen molar-refractivity contribution < 1.29 is 14.0 Å². The minimum absolute atomic E-state index is 0.157. The van der Waals surface area contributed by atoms with Crippen LogP contribution in [0.1, 0.15) is 19.8 Å². The minimum atomic E-state index is -2.82. The summed E-state index contributed by atoms with van der Waals surface area (Å²) in [5.74, 6) is 1.06. The molecule has 0 radical (unpaired) electrons. The summed E-state index contributed by atoms with van der Waals surface area (Å²) in [6.45, 7) is 6.98. The number of aryl methyl sites for hydroxylation is 1. The standard InChI is InChI=1S/C32H37ClN9O4P/c1-32(46-4)9-13-42(14-10-32)25-16-26(45-3)24(15-19(25)20-17-37-41(2)30(20)43)39-31-36-18-21(33)29(40-31)38-23-8-7-22-27(35-12-11-34-22)28(23)47(5,6)44/h7-8,11-12,15-18,37H,9-10,13-14H2,1-6H3,(H2,36,38,39,40). The predicted molar refractivity (Wildman–Crippen MR) is 187 cm³/mol. The van der Waals surface area contributed by atoms with Crippen LogP contribution in [-0.2, 0) is 16.3 Å². The van der Waals surface area contributed by atoms with E-state index < -0.39 is 7.14 Å². The SMILES string of the molecule is COc1cc(N2CCC(C)(OC)CC2)c(-c2c[nH]n(C)c2=O)cc1Nc1ncc(Cl)c(Nc2ccc3nccnc3c2P(C)(C)=O)n1. The summed E-state index contributed by atoms with van der Waals surface area (Å²) < 4.78 is 26.5. The molecule has 0 aliphatic carbocycles. The van der Waals surface area contributed by atoms with Gasteiger partial charge in [-0.05, 0) is 51.3 Å². The summed E-state index contributed by atoms with van der Waals surface area (Å²) in [6.07, 6.45) is 8.01. The molecule has 0 amide bonds. The normalized spacial score (nSPS) is 14.7. The maximum absolute atomic E-state index is 13.4. The Morgan fingerprint density at radius 3 is 2.43 bits per heavy atom. The lowest BCUT2D eigenvalue weighted by molar-refractivity contribution is -0.0132. The molecule has 0 saturated carbocycles. The highest BCUT2D eigenvalue weighted by molar-refractivity contribution is 7.71. The fraction of sp³-hybridized carbons (Fsp3) is 0.344. The third-order valence-corrected chi connectivity index (χ3v) is 10.4.